The highest BCUT2D eigenvalue weighted by molar-refractivity contribution is 7.90. The van der Waals surface area contributed by atoms with E-state index in [0.29, 0.717) is 61.7 Å². The Morgan fingerprint density at radius 2 is 1.72 bits per heavy atom. The van der Waals surface area contributed by atoms with Crippen molar-refractivity contribution in [1.82, 2.24) is 24.2 Å². The summed E-state index contributed by atoms with van der Waals surface area (Å²) in [5.74, 6) is 0.148. The number of sulfone groups is 1. The van der Waals surface area contributed by atoms with E-state index in [1.807, 2.05) is 27.5 Å². The molecule has 12 heteroatoms. The van der Waals surface area contributed by atoms with Gasteiger partial charge in [-0.15, -0.1) is 0 Å². The van der Waals surface area contributed by atoms with Crippen molar-refractivity contribution in [2.24, 2.45) is 0 Å². The third-order valence-corrected chi connectivity index (χ3v) is 9.75. The van der Waals surface area contributed by atoms with Crippen LogP contribution in [0, 0.1) is 5.82 Å². The van der Waals surface area contributed by atoms with Gasteiger partial charge in [-0.2, -0.15) is 0 Å². The summed E-state index contributed by atoms with van der Waals surface area (Å²) in [7, 11) is -3.35. The molecule has 1 fully saturated rings. The van der Waals surface area contributed by atoms with E-state index >= 15 is 0 Å². The zero-order chi connectivity index (χ0) is 32.3. The largest absolute Gasteiger partial charge is 0.360 e. The maximum absolute atomic E-state index is 13.9. The number of amides is 1. The van der Waals surface area contributed by atoms with Crippen LogP contribution >= 0.6 is 0 Å². The lowest BCUT2D eigenvalue weighted by Gasteiger charge is -2.40. The second kappa shape index (κ2) is 13.5. The van der Waals surface area contributed by atoms with Crippen LogP contribution in [0.15, 0.2) is 95.6 Å². The summed E-state index contributed by atoms with van der Waals surface area (Å²) in [4.78, 5) is 26.7. The van der Waals surface area contributed by atoms with Crippen LogP contribution in [0.25, 0.3) is 16.9 Å². The summed E-state index contributed by atoms with van der Waals surface area (Å²) in [6.45, 7) is 2.39. The van der Waals surface area contributed by atoms with Crippen molar-refractivity contribution < 1.29 is 22.0 Å². The van der Waals surface area contributed by atoms with E-state index in [1.54, 1.807) is 48.9 Å². The van der Waals surface area contributed by atoms with Gasteiger partial charge >= 0.3 is 0 Å². The van der Waals surface area contributed by atoms with Crippen LogP contribution < -0.4 is 5.32 Å². The quantitative estimate of drug-likeness (QED) is 0.253. The van der Waals surface area contributed by atoms with E-state index in [0.717, 1.165) is 30.2 Å². The molecule has 0 spiro atoms. The number of fused-ring (bicyclic) bond motifs is 1. The fourth-order valence-corrected chi connectivity index (χ4v) is 6.74. The van der Waals surface area contributed by atoms with E-state index in [4.69, 9.17) is 4.98 Å². The fraction of sp³-hybridized carbons (Fsp3) is 0.324. The fourth-order valence-electron chi connectivity index (χ4n) is 6.11. The van der Waals surface area contributed by atoms with Crippen LogP contribution in [-0.2, 0) is 14.6 Å². The molecular weight excluding hydrogens is 610 g/mol. The highest BCUT2D eigenvalue weighted by Crippen LogP contribution is 2.33. The number of piperazine rings is 1. The monoisotopic (exact) mass is 646 g/mol. The van der Waals surface area contributed by atoms with Crippen LogP contribution in [0.2, 0.25) is 0 Å². The minimum Gasteiger partial charge on any atom is -0.360 e. The lowest BCUT2D eigenvalue weighted by Crippen LogP contribution is -2.51. The third-order valence-electron chi connectivity index (χ3n) is 8.62. The van der Waals surface area contributed by atoms with Crippen LogP contribution in [-0.4, -0.2) is 77.5 Å². The number of imidazole rings is 1. The van der Waals surface area contributed by atoms with Gasteiger partial charge in [0.05, 0.1) is 23.5 Å². The van der Waals surface area contributed by atoms with Crippen molar-refractivity contribution in [3.8, 4) is 11.3 Å². The predicted octanol–water partition coefficient (Wildman–Crippen LogP) is 5.59. The molecular formula is C34H36F2N6O3S. The first kappa shape index (κ1) is 31.6. The molecule has 9 nitrogen and oxygen atoms in total. The van der Waals surface area contributed by atoms with Gasteiger partial charge in [-0.3, -0.25) is 19.1 Å². The molecule has 4 aromatic rings. The van der Waals surface area contributed by atoms with Gasteiger partial charge < -0.3 is 10.2 Å². The summed E-state index contributed by atoms with van der Waals surface area (Å²) in [5, 5.41) is 3.28. The van der Waals surface area contributed by atoms with Gasteiger partial charge in [0, 0.05) is 56.4 Å². The van der Waals surface area contributed by atoms with Gasteiger partial charge in [-0.1, -0.05) is 35.9 Å². The van der Waals surface area contributed by atoms with E-state index in [9.17, 15) is 22.0 Å². The van der Waals surface area contributed by atoms with Crippen LogP contribution in [0.1, 0.15) is 37.3 Å². The molecule has 1 atom stereocenters. The standard InChI is InChI=1S/C34H36F2N6O3S/c1-46(44,45)29-13-8-26(9-14-29)33-34(42-16-15-37-22-31(42)39-33)38-23-32(43)41-19-17-40(18-20-41)30(25-6-11-28(36)12-7-25)21-24-3-2-4-27(35)10-5-24/h5-16,22,30,38H,2-4,17-21,23H2,1H3. The number of nitrogens with one attached hydrogen (secondary N) is 1. The average molecular weight is 647 g/mol. The molecule has 1 aliphatic carbocycles. The summed E-state index contributed by atoms with van der Waals surface area (Å²) >= 11 is 0. The Bertz CT molecular complexity index is 1880. The third kappa shape index (κ3) is 7.18. The number of carbonyl (C=O) groups is 1. The molecule has 2 aliphatic rings. The number of aromatic nitrogens is 3. The topological polar surface area (TPSA) is 99.9 Å². The smallest absolute Gasteiger partial charge is 0.242 e. The molecule has 1 N–H and O–H groups in total. The van der Waals surface area contributed by atoms with Gasteiger partial charge in [-0.05, 0) is 61.6 Å². The molecule has 6 rings (SSSR count). The Hall–Kier alpha value is -4.42. The Morgan fingerprint density at radius 3 is 2.43 bits per heavy atom. The molecule has 0 radical (unpaired) electrons. The molecule has 2 aromatic heterocycles. The van der Waals surface area contributed by atoms with Gasteiger partial charge in [0.25, 0.3) is 0 Å². The van der Waals surface area contributed by atoms with Crippen LogP contribution in [0.5, 0.6) is 0 Å². The summed E-state index contributed by atoms with van der Waals surface area (Å²) < 4.78 is 53.4. The number of allylic oxidation sites excluding steroid dienone is 3. The van der Waals surface area contributed by atoms with Crippen LogP contribution in [0.4, 0.5) is 14.6 Å². The molecule has 1 saturated heterocycles. The second-order valence-corrected chi connectivity index (χ2v) is 13.8. The first-order chi connectivity index (χ1) is 22.2. The van der Waals surface area contributed by atoms with Gasteiger partial charge in [0.15, 0.2) is 15.5 Å². The first-order valence-electron chi connectivity index (χ1n) is 15.3. The molecule has 2 aromatic carbocycles. The van der Waals surface area contributed by atoms with Gasteiger partial charge in [0.2, 0.25) is 5.91 Å². The molecule has 0 saturated carbocycles. The van der Waals surface area contributed by atoms with Crippen LogP contribution in [0.3, 0.4) is 0 Å². The highest BCUT2D eigenvalue weighted by Gasteiger charge is 2.28. The number of rotatable bonds is 9. The zero-order valence-corrected chi connectivity index (χ0v) is 26.4. The number of hydrogen-bond acceptors (Lipinski definition) is 7. The second-order valence-electron chi connectivity index (χ2n) is 11.7. The van der Waals surface area contributed by atoms with E-state index in [-0.39, 0.29) is 35.0 Å². The van der Waals surface area contributed by atoms with Crippen molar-refractivity contribution in [1.29, 1.82) is 0 Å². The number of hydrogen-bond donors (Lipinski definition) is 1. The van der Waals surface area contributed by atoms with E-state index in [2.05, 4.69) is 15.2 Å². The van der Waals surface area contributed by atoms with E-state index in [1.165, 1.54) is 12.1 Å². The average Bonchev–Trinajstić information content (AvgIpc) is 3.30. The SMILES string of the molecule is CS(=O)(=O)c1ccc(-c2nc3cnccn3c2NCC(=O)N2CCN(C(CC3=CC=C(F)CCC3)c3ccc(F)cc3)CC2)cc1. The normalized spacial score (nSPS) is 16.9. The summed E-state index contributed by atoms with van der Waals surface area (Å²) in [6, 6.07) is 13.0. The Labute approximate surface area is 267 Å². The molecule has 46 heavy (non-hydrogen) atoms. The molecule has 3 heterocycles. The molecule has 240 valence electrons. The minimum atomic E-state index is -3.35. The molecule has 1 unspecified atom stereocenters. The Kier molecular flexibility index (Phi) is 9.27. The first-order valence-corrected chi connectivity index (χ1v) is 17.2. The number of benzene rings is 2. The predicted molar refractivity (Wildman–Crippen MR) is 173 cm³/mol. The van der Waals surface area contributed by atoms with Crippen molar-refractivity contribution >= 4 is 27.2 Å². The summed E-state index contributed by atoms with van der Waals surface area (Å²) in [6.07, 6.45) is 12.3. The molecule has 0 bridgehead atoms. The number of anilines is 1. The highest BCUT2D eigenvalue weighted by atomic mass is 32.2. The van der Waals surface area contributed by atoms with Gasteiger partial charge in [-0.25, -0.2) is 22.2 Å². The maximum Gasteiger partial charge on any atom is 0.242 e. The number of halogens is 2. The maximum atomic E-state index is 13.9. The molecule has 1 aliphatic heterocycles. The van der Waals surface area contributed by atoms with Gasteiger partial charge in [0.1, 0.15) is 17.3 Å². The summed E-state index contributed by atoms with van der Waals surface area (Å²) in [5.41, 5.74) is 4.03. The van der Waals surface area contributed by atoms with Crippen molar-refractivity contribution in [3.05, 3.63) is 102 Å². The Balaban J connectivity index is 1.14. The van der Waals surface area contributed by atoms with Crippen molar-refractivity contribution in [2.45, 2.75) is 36.6 Å². The Morgan fingerprint density at radius 1 is 0.978 bits per heavy atom. The lowest BCUT2D eigenvalue weighted by molar-refractivity contribution is -0.131. The van der Waals surface area contributed by atoms with Crippen molar-refractivity contribution in [2.75, 3.05) is 44.3 Å². The van der Waals surface area contributed by atoms with E-state index < -0.39 is 9.84 Å². The minimum absolute atomic E-state index is 0.0137. The number of carbonyl (C=O) groups excluding carboxylic acids is 1. The molecule has 1 amide bonds. The van der Waals surface area contributed by atoms with Crippen molar-refractivity contribution in [3.63, 3.8) is 0 Å². The lowest BCUT2D eigenvalue weighted by atomic mass is 9.94. The zero-order valence-electron chi connectivity index (χ0n) is 25.6. The number of nitrogens with zero attached hydrogens (tertiary/aromatic N) is 5.